The summed E-state index contributed by atoms with van der Waals surface area (Å²) in [5.41, 5.74) is 0. The van der Waals surface area contributed by atoms with Crippen molar-refractivity contribution in [2.45, 2.75) is 45.1 Å². The van der Waals surface area contributed by atoms with Gasteiger partial charge in [0.1, 0.15) is 11.9 Å². The van der Waals surface area contributed by atoms with Crippen molar-refractivity contribution in [1.29, 1.82) is 0 Å². The fourth-order valence-corrected chi connectivity index (χ4v) is 1.62. The molecule has 1 aliphatic heterocycles. The Bertz CT molecular complexity index is 240. The van der Waals surface area contributed by atoms with E-state index in [9.17, 15) is 9.59 Å². The van der Waals surface area contributed by atoms with E-state index in [-0.39, 0.29) is 18.0 Å². The van der Waals surface area contributed by atoms with Crippen molar-refractivity contribution in [2.24, 2.45) is 0 Å². The first kappa shape index (κ1) is 12.0. The van der Waals surface area contributed by atoms with Gasteiger partial charge < -0.3 is 9.64 Å². The molecule has 0 spiro atoms. The fourth-order valence-electron chi connectivity index (χ4n) is 1.62. The number of nitrogens with zero attached hydrogens (tertiary/aromatic N) is 1. The first-order valence-electron chi connectivity index (χ1n) is 5.57. The molecule has 1 amide bonds. The molecule has 0 radical (unpaired) electrons. The average Bonchev–Trinajstić information content (AvgIpc) is 2.52. The summed E-state index contributed by atoms with van der Waals surface area (Å²) in [4.78, 5) is 23.9. The van der Waals surface area contributed by atoms with Gasteiger partial charge >= 0.3 is 6.09 Å². The molecule has 0 aliphatic carbocycles. The molecule has 0 aromatic carbocycles. The number of rotatable bonds is 6. The zero-order valence-electron chi connectivity index (χ0n) is 9.49. The number of carbonyl (C=O) groups is 2. The highest BCUT2D eigenvalue weighted by Gasteiger charge is 2.28. The van der Waals surface area contributed by atoms with Crippen molar-refractivity contribution in [3.05, 3.63) is 0 Å². The quantitative estimate of drug-likeness (QED) is 0.677. The number of hydrogen-bond donors (Lipinski definition) is 0. The SMILES string of the molecule is CCCCC(=O)CC[C@@H]1CN(C)C(=O)O1. The van der Waals surface area contributed by atoms with Crippen LogP contribution >= 0.6 is 0 Å². The van der Waals surface area contributed by atoms with E-state index >= 15 is 0 Å². The summed E-state index contributed by atoms with van der Waals surface area (Å²) < 4.78 is 5.06. The molecule has 1 aliphatic rings. The van der Waals surface area contributed by atoms with Gasteiger partial charge in [-0.2, -0.15) is 0 Å². The Balaban J connectivity index is 2.15. The Labute approximate surface area is 90.6 Å². The van der Waals surface area contributed by atoms with E-state index in [1.54, 1.807) is 11.9 Å². The van der Waals surface area contributed by atoms with Crippen LogP contribution in [-0.2, 0) is 9.53 Å². The van der Waals surface area contributed by atoms with Crippen molar-refractivity contribution in [2.75, 3.05) is 13.6 Å². The van der Waals surface area contributed by atoms with Gasteiger partial charge in [-0.25, -0.2) is 4.79 Å². The second kappa shape index (κ2) is 5.73. The minimum Gasteiger partial charge on any atom is -0.444 e. The van der Waals surface area contributed by atoms with Crippen LogP contribution in [0.5, 0.6) is 0 Å². The molecule has 1 atom stereocenters. The smallest absolute Gasteiger partial charge is 0.409 e. The lowest BCUT2D eigenvalue weighted by Gasteiger charge is -2.06. The Morgan fingerprint density at radius 3 is 2.80 bits per heavy atom. The first-order chi connectivity index (χ1) is 7.13. The summed E-state index contributed by atoms with van der Waals surface area (Å²) in [6.07, 6.45) is 3.50. The molecule has 0 N–H and O–H groups in total. The minimum atomic E-state index is -0.277. The summed E-state index contributed by atoms with van der Waals surface area (Å²) in [7, 11) is 1.71. The van der Waals surface area contributed by atoms with Crippen molar-refractivity contribution in [3.8, 4) is 0 Å². The van der Waals surface area contributed by atoms with Crippen molar-refractivity contribution in [1.82, 2.24) is 4.90 Å². The standard InChI is InChI=1S/C11H19NO3/c1-3-4-5-9(13)6-7-10-8-12(2)11(14)15-10/h10H,3-8H2,1-2H3/t10-/m1/s1. The molecule has 1 heterocycles. The van der Waals surface area contributed by atoms with Crippen molar-refractivity contribution >= 4 is 11.9 Å². The lowest BCUT2D eigenvalue weighted by atomic mass is 10.1. The van der Waals surface area contributed by atoms with Gasteiger partial charge in [0, 0.05) is 19.9 Å². The first-order valence-corrected chi connectivity index (χ1v) is 5.57. The van der Waals surface area contributed by atoms with Crippen LogP contribution in [0, 0.1) is 0 Å². The number of amides is 1. The predicted octanol–water partition coefficient (Wildman–Crippen LogP) is 1.98. The zero-order chi connectivity index (χ0) is 11.3. The summed E-state index contributed by atoms with van der Waals surface area (Å²) in [5, 5.41) is 0. The van der Waals surface area contributed by atoms with Crippen LogP contribution in [0.25, 0.3) is 0 Å². The van der Waals surface area contributed by atoms with E-state index in [1.165, 1.54) is 0 Å². The maximum atomic E-state index is 11.4. The van der Waals surface area contributed by atoms with Crippen molar-refractivity contribution in [3.63, 3.8) is 0 Å². The van der Waals surface area contributed by atoms with Crippen LogP contribution in [0.15, 0.2) is 0 Å². The molecular formula is C11H19NO3. The Kier molecular flexibility index (Phi) is 4.59. The van der Waals surface area contributed by atoms with Gasteiger partial charge in [0.05, 0.1) is 6.54 Å². The molecule has 4 nitrogen and oxygen atoms in total. The van der Waals surface area contributed by atoms with Crippen LogP contribution in [0.2, 0.25) is 0 Å². The number of cyclic esters (lactones) is 1. The molecule has 1 fully saturated rings. The number of likely N-dealkylation sites (N-methyl/N-ethyl adjacent to an activating group) is 1. The number of carbonyl (C=O) groups excluding carboxylic acids is 2. The van der Waals surface area contributed by atoms with E-state index in [0.29, 0.717) is 25.8 Å². The molecule has 86 valence electrons. The van der Waals surface area contributed by atoms with Gasteiger partial charge in [0.15, 0.2) is 0 Å². The lowest BCUT2D eigenvalue weighted by molar-refractivity contribution is -0.119. The van der Waals surface area contributed by atoms with Crippen LogP contribution in [0.4, 0.5) is 4.79 Å². The Hall–Kier alpha value is -1.06. The second-order valence-electron chi connectivity index (χ2n) is 4.07. The Morgan fingerprint density at radius 2 is 2.27 bits per heavy atom. The van der Waals surface area contributed by atoms with Gasteiger partial charge in [-0.05, 0) is 12.8 Å². The average molecular weight is 213 g/mol. The molecule has 4 heteroatoms. The molecule has 15 heavy (non-hydrogen) atoms. The normalized spacial score (nSPS) is 20.5. The van der Waals surface area contributed by atoms with Gasteiger partial charge in [-0.3, -0.25) is 4.79 Å². The third-order valence-electron chi connectivity index (χ3n) is 2.61. The maximum absolute atomic E-state index is 11.4. The fraction of sp³-hybridized carbons (Fsp3) is 0.818. The number of Topliss-reactive ketones (excluding diaryl/α,β-unsaturated/α-hetero) is 1. The monoisotopic (exact) mass is 213 g/mol. The predicted molar refractivity (Wildman–Crippen MR) is 56.7 cm³/mol. The van der Waals surface area contributed by atoms with Crippen LogP contribution in [-0.4, -0.2) is 36.5 Å². The van der Waals surface area contributed by atoms with Crippen LogP contribution in [0.1, 0.15) is 39.0 Å². The number of ketones is 1. The Morgan fingerprint density at radius 1 is 1.53 bits per heavy atom. The van der Waals surface area contributed by atoms with E-state index in [0.717, 1.165) is 12.8 Å². The zero-order valence-corrected chi connectivity index (χ0v) is 9.49. The molecule has 0 bridgehead atoms. The van der Waals surface area contributed by atoms with Gasteiger partial charge in [-0.15, -0.1) is 0 Å². The maximum Gasteiger partial charge on any atom is 0.409 e. The molecule has 0 aromatic rings. The van der Waals surface area contributed by atoms with E-state index in [1.807, 2.05) is 0 Å². The largest absolute Gasteiger partial charge is 0.444 e. The van der Waals surface area contributed by atoms with Gasteiger partial charge in [-0.1, -0.05) is 13.3 Å². The topological polar surface area (TPSA) is 46.6 Å². The van der Waals surface area contributed by atoms with E-state index < -0.39 is 0 Å². The molecule has 1 rings (SSSR count). The summed E-state index contributed by atoms with van der Waals surface area (Å²) in [5.74, 6) is 0.280. The molecule has 0 aromatic heterocycles. The van der Waals surface area contributed by atoms with E-state index in [4.69, 9.17) is 4.74 Å². The van der Waals surface area contributed by atoms with Gasteiger partial charge in [0.2, 0.25) is 0 Å². The minimum absolute atomic E-state index is 0.0897. The highest BCUT2D eigenvalue weighted by atomic mass is 16.6. The summed E-state index contributed by atoms with van der Waals surface area (Å²) >= 11 is 0. The number of unbranched alkanes of at least 4 members (excludes halogenated alkanes) is 1. The molecule has 0 unspecified atom stereocenters. The van der Waals surface area contributed by atoms with Gasteiger partial charge in [0.25, 0.3) is 0 Å². The third-order valence-corrected chi connectivity index (χ3v) is 2.61. The summed E-state index contributed by atoms with van der Waals surface area (Å²) in [6, 6.07) is 0. The number of hydrogen-bond acceptors (Lipinski definition) is 3. The highest BCUT2D eigenvalue weighted by molar-refractivity contribution is 5.78. The molecule has 1 saturated heterocycles. The van der Waals surface area contributed by atoms with Crippen LogP contribution in [0.3, 0.4) is 0 Å². The van der Waals surface area contributed by atoms with E-state index in [2.05, 4.69) is 6.92 Å². The number of ether oxygens (including phenoxy) is 1. The summed E-state index contributed by atoms with van der Waals surface area (Å²) in [6.45, 7) is 2.68. The molecule has 0 saturated carbocycles. The highest BCUT2D eigenvalue weighted by Crippen LogP contribution is 2.14. The second-order valence-corrected chi connectivity index (χ2v) is 4.07. The van der Waals surface area contributed by atoms with Crippen molar-refractivity contribution < 1.29 is 14.3 Å². The third kappa shape index (κ3) is 3.90. The van der Waals surface area contributed by atoms with Crippen LogP contribution < -0.4 is 0 Å². The lowest BCUT2D eigenvalue weighted by Crippen LogP contribution is -2.19. The molecular weight excluding hydrogens is 194 g/mol.